The molecule has 0 aliphatic carbocycles. The highest BCUT2D eigenvalue weighted by Gasteiger charge is 2.04. The van der Waals surface area contributed by atoms with Crippen molar-refractivity contribution < 1.29 is 19.8 Å². The highest BCUT2D eigenvalue weighted by molar-refractivity contribution is 6.27. The van der Waals surface area contributed by atoms with Crippen LogP contribution in [0.1, 0.15) is 26.7 Å². The van der Waals surface area contributed by atoms with Crippen LogP contribution in [0, 0.1) is 0 Å². The van der Waals surface area contributed by atoms with E-state index in [9.17, 15) is 0 Å². The number of carboxylic acid groups (broad SMARTS) is 2. The normalized spacial score (nSPS) is 7.43. The van der Waals surface area contributed by atoms with E-state index in [2.05, 4.69) is 13.8 Å². The van der Waals surface area contributed by atoms with Gasteiger partial charge in [0.05, 0.1) is 0 Å². The zero-order valence-electron chi connectivity index (χ0n) is 8.69. The van der Waals surface area contributed by atoms with E-state index in [0.29, 0.717) is 0 Å². The highest BCUT2D eigenvalue weighted by atomic mass is 16.4. The minimum Gasteiger partial charge on any atom is -0.473 e. The van der Waals surface area contributed by atoms with Gasteiger partial charge in [0.2, 0.25) is 0 Å². The molecule has 0 saturated carbocycles. The van der Waals surface area contributed by atoms with Gasteiger partial charge in [-0.25, -0.2) is 9.59 Å². The van der Waals surface area contributed by atoms with Crippen LogP contribution in [-0.2, 0) is 9.59 Å². The maximum absolute atomic E-state index is 9.10. The second-order valence-corrected chi connectivity index (χ2v) is 2.19. The van der Waals surface area contributed by atoms with Gasteiger partial charge in [0.1, 0.15) is 0 Å². The first-order chi connectivity index (χ1) is 6.47. The Morgan fingerprint density at radius 1 is 0.929 bits per heavy atom. The minimum atomic E-state index is -1.82. The predicted molar refractivity (Wildman–Crippen MR) is 54.0 cm³/mol. The quantitative estimate of drug-likeness (QED) is 0.468. The van der Waals surface area contributed by atoms with Gasteiger partial charge >= 0.3 is 11.9 Å². The van der Waals surface area contributed by atoms with Crippen LogP contribution in [0.4, 0.5) is 0 Å². The first-order valence-electron chi connectivity index (χ1n) is 4.34. The highest BCUT2D eigenvalue weighted by Crippen LogP contribution is 1.57. The number of carbonyl (C=O) groups is 2. The fourth-order valence-corrected chi connectivity index (χ4v) is 0. The monoisotopic (exact) mass is 208 g/mol. The number of hydrogen-bond donors (Lipinski definition) is 4. The summed E-state index contributed by atoms with van der Waals surface area (Å²) in [6.07, 6.45) is 2.19. The first kappa shape index (κ1) is 18.6. The van der Waals surface area contributed by atoms with Crippen molar-refractivity contribution in [3.05, 3.63) is 0 Å². The van der Waals surface area contributed by atoms with Crippen LogP contribution >= 0.6 is 0 Å². The number of rotatable bonds is 2. The van der Waals surface area contributed by atoms with Crippen molar-refractivity contribution in [3.8, 4) is 0 Å². The topological polar surface area (TPSA) is 127 Å². The summed E-state index contributed by atoms with van der Waals surface area (Å²) in [7, 11) is 0. The van der Waals surface area contributed by atoms with Gasteiger partial charge in [0.15, 0.2) is 0 Å². The summed E-state index contributed by atoms with van der Waals surface area (Å²) in [5.41, 5.74) is 10.1. The molecule has 0 aromatic rings. The molecular weight excluding hydrogens is 188 g/mol. The molecule has 0 bridgehead atoms. The third kappa shape index (κ3) is 44.7. The molecule has 0 aliphatic heterocycles. The van der Waals surface area contributed by atoms with Crippen LogP contribution in [-0.4, -0.2) is 35.2 Å². The van der Waals surface area contributed by atoms with E-state index in [1.54, 1.807) is 0 Å². The molecule has 0 radical (unpaired) electrons. The second-order valence-electron chi connectivity index (χ2n) is 2.19. The summed E-state index contributed by atoms with van der Waals surface area (Å²) in [4.78, 5) is 18.2. The molecule has 0 aliphatic rings. The molecule has 86 valence electrons. The smallest absolute Gasteiger partial charge is 0.414 e. The Morgan fingerprint density at radius 2 is 1.07 bits per heavy atom. The lowest BCUT2D eigenvalue weighted by Crippen LogP contribution is -2.09. The van der Waals surface area contributed by atoms with E-state index in [1.165, 1.54) is 0 Å². The second kappa shape index (κ2) is 17.8. The van der Waals surface area contributed by atoms with Crippen LogP contribution in [0.5, 0.6) is 0 Å². The molecule has 14 heavy (non-hydrogen) atoms. The third-order valence-corrected chi connectivity index (χ3v) is 0.760. The number of nitrogens with two attached hydrogens (primary N) is 2. The Morgan fingerprint density at radius 3 is 1.07 bits per heavy atom. The van der Waals surface area contributed by atoms with Crippen molar-refractivity contribution in [2.24, 2.45) is 11.5 Å². The molecule has 0 heterocycles. The Labute approximate surface area is 83.9 Å². The SMILES string of the molecule is CCCN.CCCN.O=C(O)C(=O)O. The van der Waals surface area contributed by atoms with Gasteiger partial charge < -0.3 is 21.7 Å². The Balaban J connectivity index is -0.000000135. The molecule has 6 nitrogen and oxygen atoms in total. The van der Waals surface area contributed by atoms with Gasteiger partial charge in [-0.15, -0.1) is 0 Å². The fraction of sp³-hybridized carbons (Fsp3) is 0.750. The molecule has 0 unspecified atom stereocenters. The maximum Gasteiger partial charge on any atom is 0.414 e. The fourth-order valence-electron chi connectivity index (χ4n) is 0. The lowest BCUT2D eigenvalue weighted by molar-refractivity contribution is -0.159. The summed E-state index contributed by atoms with van der Waals surface area (Å²) in [6, 6.07) is 0. The number of carboxylic acids is 2. The summed E-state index contributed by atoms with van der Waals surface area (Å²) < 4.78 is 0. The molecule has 0 saturated heterocycles. The van der Waals surface area contributed by atoms with E-state index < -0.39 is 11.9 Å². The molecule has 0 aromatic heterocycles. The zero-order chi connectivity index (χ0) is 12.0. The number of aliphatic carboxylic acids is 2. The Hall–Kier alpha value is -1.14. The molecule has 6 heteroatoms. The molecule has 0 fully saturated rings. The van der Waals surface area contributed by atoms with Gasteiger partial charge in [-0.1, -0.05) is 13.8 Å². The molecule has 0 aromatic carbocycles. The van der Waals surface area contributed by atoms with Crippen LogP contribution in [0.3, 0.4) is 0 Å². The van der Waals surface area contributed by atoms with Gasteiger partial charge in [-0.3, -0.25) is 0 Å². The Kier molecular flexibility index (Phi) is 23.7. The minimum absolute atomic E-state index is 0.819. The lowest BCUT2D eigenvalue weighted by atomic mass is 10.5. The van der Waals surface area contributed by atoms with E-state index >= 15 is 0 Å². The van der Waals surface area contributed by atoms with Crippen molar-refractivity contribution >= 4 is 11.9 Å². The van der Waals surface area contributed by atoms with Crippen LogP contribution in [0.15, 0.2) is 0 Å². The number of hydrogen-bond acceptors (Lipinski definition) is 4. The van der Waals surface area contributed by atoms with Gasteiger partial charge in [0, 0.05) is 0 Å². The molecule has 0 amide bonds. The van der Waals surface area contributed by atoms with Crippen LogP contribution < -0.4 is 11.5 Å². The van der Waals surface area contributed by atoms with Crippen molar-refractivity contribution in [1.29, 1.82) is 0 Å². The van der Waals surface area contributed by atoms with Crippen molar-refractivity contribution in [2.75, 3.05) is 13.1 Å². The molecule has 0 atom stereocenters. The summed E-state index contributed by atoms with van der Waals surface area (Å²) in [5, 5.41) is 14.8. The Bertz CT molecular complexity index is 119. The molecule has 6 N–H and O–H groups in total. The van der Waals surface area contributed by atoms with E-state index in [-0.39, 0.29) is 0 Å². The zero-order valence-corrected chi connectivity index (χ0v) is 8.69. The summed E-state index contributed by atoms with van der Waals surface area (Å²) >= 11 is 0. The average Bonchev–Trinajstić information content (AvgIpc) is 2.18. The van der Waals surface area contributed by atoms with E-state index in [1.807, 2.05) is 0 Å². The van der Waals surface area contributed by atoms with Crippen LogP contribution in [0.2, 0.25) is 0 Å². The molecule has 0 spiro atoms. The molecule has 0 rings (SSSR count). The van der Waals surface area contributed by atoms with Crippen LogP contribution in [0.25, 0.3) is 0 Å². The predicted octanol–water partition coefficient (Wildman–Crippen LogP) is -0.134. The maximum atomic E-state index is 9.10. The third-order valence-electron chi connectivity index (χ3n) is 0.760. The van der Waals surface area contributed by atoms with Crippen molar-refractivity contribution in [3.63, 3.8) is 0 Å². The van der Waals surface area contributed by atoms with Gasteiger partial charge in [-0.05, 0) is 25.9 Å². The lowest BCUT2D eigenvalue weighted by Gasteiger charge is -1.72. The van der Waals surface area contributed by atoms with Gasteiger partial charge in [0.25, 0.3) is 0 Å². The first-order valence-corrected chi connectivity index (χ1v) is 4.34. The average molecular weight is 208 g/mol. The van der Waals surface area contributed by atoms with Gasteiger partial charge in [-0.2, -0.15) is 0 Å². The summed E-state index contributed by atoms with van der Waals surface area (Å²) in [6.45, 7) is 5.75. The standard InChI is InChI=1S/2C3H9N.C2H2O4/c2*1-2-3-4;3-1(4)2(5)6/h2*2-4H2,1H3;(H,3,4)(H,5,6). The largest absolute Gasteiger partial charge is 0.473 e. The van der Waals surface area contributed by atoms with Crippen molar-refractivity contribution in [1.82, 2.24) is 0 Å². The van der Waals surface area contributed by atoms with E-state index in [4.69, 9.17) is 31.3 Å². The van der Waals surface area contributed by atoms with Crippen molar-refractivity contribution in [2.45, 2.75) is 26.7 Å². The summed E-state index contributed by atoms with van der Waals surface area (Å²) in [5.74, 6) is -3.65. The molecular formula is C8H20N2O4. The van der Waals surface area contributed by atoms with E-state index in [0.717, 1.165) is 25.9 Å².